The van der Waals surface area contributed by atoms with Crippen LogP contribution in [0.15, 0.2) is 42.5 Å². The fourth-order valence-corrected chi connectivity index (χ4v) is 1.89. The van der Waals surface area contributed by atoms with E-state index in [-0.39, 0.29) is 12.3 Å². The average Bonchev–Trinajstić information content (AvgIpc) is 2.37. The van der Waals surface area contributed by atoms with Gasteiger partial charge in [0.25, 0.3) is 5.69 Å². The number of halogens is 2. The van der Waals surface area contributed by atoms with Crippen molar-refractivity contribution in [2.75, 3.05) is 0 Å². The van der Waals surface area contributed by atoms with Gasteiger partial charge in [0.05, 0.1) is 9.95 Å². The van der Waals surface area contributed by atoms with E-state index in [0.717, 1.165) is 0 Å². The summed E-state index contributed by atoms with van der Waals surface area (Å²) in [6.07, 6.45) is 0. The number of benzene rings is 2. The highest BCUT2D eigenvalue weighted by Gasteiger charge is 2.09. The Hall–Kier alpha value is -1.78. The van der Waals surface area contributed by atoms with Gasteiger partial charge in [-0.25, -0.2) is 0 Å². The molecule has 0 saturated heterocycles. The molecule has 0 atom stereocenters. The summed E-state index contributed by atoms with van der Waals surface area (Å²) in [5.74, 6) is 0.613. The van der Waals surface area contributed by atoms with E-state index >= 15 is 0 Å². The van der Waals surface area contributed by atoms with Crippen molar-refractivity contribution >= 4 is 28.9 Å². The molecule has 0 spiro atoms. The van der Waals surface area contributed by atoms with Crippen molar-refractivity contribution in [3.63, 3.8) is 0 Å². The summed E-state index contributed by atoms with van der Waals surface area (Å²) in [4.78, 5) is 10.1. The fraction of sp³-hybridized carbons (Fsp3) is 0.0769. The summed E-state index contributed by atoms with van der Waals surface area (Å²) in [5, 5.41) is 11.5. The highest BCUT2D eigenvalue weighted by atomic mass is 35.5. The summed E-state index contributed by atoms with van der Waals surface area (Å²) in [5.41, 5.74) is 0.628. The van der Waals surface area contributed by atoms with Crippen LogP contribution in [0.5, 0.6) is 5.75 Å². The number of hydrogen-bond donors (Lipinski definition) is 0. The Morgan fingerprint density at radius 3 is 2.58 bits per heavy atom. The van der Waals surface area contributed by atoms with Crippen molar-refractivity contribution in [1.29, 1.82) is 0 Å². The maximum absolute atomic E-state index is 10.6. The van der Waals surface area contributed by atoms with Gasteiger partial charge in [0, 0.05) is 22.7 Å². The molecule has 6 heteroatoms. The third kappa shape index (κ3) is 3.59. The van der Waals surface area contributed by atoms with Crippen molar-refractivity contribution < 1.29 is 9.66 Å². The number of ether oxygens (including phenoxy) is 1. The Labute approximate surface area is 119 Å². The van der Waals surface area contributed by atoms with Crippen molar-refractivity contribution in [3.05, 3.63) is 68.2 Å². The zero-order valence-electron chi connectivity index (χ0n) is 9.68. The van der Waals surface area contributed by atoms with Crippen LogP contribution in [0.3, 0.4) is 0 Å². The van der Waals surface area contributed by atoms with E-state index in [1.807, 2.05) is 0 Å². The standard InChI is InChI=1S/C13H9Cl2NO3/c14-10-2-1-3-12(6-10)19-8-9-4-5-11(16(17)18)7-13(9)15/h1-7H,8H2. The van der Waals surface area contributed by atoms with Gasteiger partial charge < -0.3 is 4.74 Å². The van der Waals surface area contributed by atoms with Gasteiger partial charge in [-0.05, 0) is 24.3 Å². The molecule has 0 unspecified atom stereocenters. The lowest BCUT2D eigenvalue weighted by molar-refractivity contribution is -0.384. The third-order valence-corrected chi connectivity index (χ3v) is 3.02. The van der Waals surface area contributed by atoms with Crippen LogP contribution in [0, 0.1) is 10.1 Å². The quantitative estimate of drug-likeness (QED) is 0.617. The van der Waals surface area contributed by atoms with Crippen molar-refractivity contribution in [1.82, 2.24) is 0 Å². The van der Waals surface area contributed by atoms with Crippen LogP contribution >= 0.6 is 23.2 Å². The average molecular weight is 298 g/mol. The number of non-ortho nitro benzene ring substituents is 1. The van der Waals surface area contributed by atoms with Gasteiger partial charge >= 0.3 is 0 Å². The Morgan fingerprint density at radius 1 is 1.16 bits per heavy atom. The first kappa shape index (κ1) is 13.6. The van der Waals surface area contributed by atoms with E-state index in [0.29, 0.717) is 21.4 Å². The molecule has 0 aliphatic rings. The van der Waals surface area contributed by atoms with E-state index < -0.39 is 4.92 Å². The lowest BCUT2D eigenvalue weighted by Gasteiger charge is -2.07. The van der Waals surface area contributed by atoms with Gasteiger partial charge in [0.1, 0.15) is 12.4 Å². The fourth-order valence-electron chi connectivity index (χ4n) is 1.48. The van der Waals surface area contributed by atoms with Crippen molar-refractivity contribution in [3.8, 4) is 5.75 Å². The number of nitro groups is 1. The highest BCUT2D eigenvalue weighted by molar-refractivity contribution is 6.31. The Balaban J connectivity index is 2.10. The normalized spacial score (nSPS) is 10.2. The molecule has 2 aromatic rings. The maximum Gasteiger partial charge on any atom is 0.270 e. The lowest BCUT2D eigenvalue weighted by atomic mass is 10.2. The molecule has 0 heterocycles. The first-order valence-electron chi connectivity index (χ1n) is 5.37. The van der Waals surface area contributed by atoms with Crippen LogP contribution in [0.1, 0.15) is 5.56 Å². The Bertz CT molecular complexity index is 617. The summed E-state index contributed by atoms with van der Waals surface area (Å²) in [6, 6.07) is 11.2. The molecule has 0 amide bonds. The zero-order chi connectivity index (χ0) is 13.8. The molecule has 98 valence electrons. The summed E-state index contributed by atoms with van der Waals surface area (Å²) in [6.45, 7) is 0.219. The Morgan fingerprint density at radius 2 is 1.95 bits per heavy atom. The molecule has 19 heavy (non-hydrogen) atoms. The first-order chi connectivity index (χ1) is 9.06. The summed E-state index contributed by atoms with van der Waals surface area (Å²) >= 11 is 11.8. The lowest BCUT2D eigenvalue weighted by Crippen LogP contribution is -1.97. The molecular formula is C13H9Cl2NO3. The molecule has 0 N–H and O–H groups in total. The molecule has 0 radical (unpaired) electrons. The molecule has 0 aliphatic carbocycles. The van der Waals surface area contributed by atoms with Gasteiger partial charge in [-0.1, -0.05) is 29.3 Å². The Kier molecular flexibility index (Phi) is 4.24. The molecule has 2 aromatic carbocycles. The second kappa shape index (κ2) is 5.91. The van der Waals surface area contributed by atoms with E-state index in [9.17, 15) is 10.1 Å². The monoisotopic (exact) mass is 297 g/mol. The minimum Gasteiger partial charge on any atom is -0.489 e. The van der Waals surface area contributed by atoms with E-state index in [1.54, 1.807) is 30.3 Å². The largest absolute Gasteiger partial charge is 0.489 e. The van der Waals surface area contributed by atoms with Gasteiger partial charge in [-0.3, -0.25) is 10.1 Å². The van der Waals surface area contributed by atoms with Crippen LogP contribution in [-0.4, -0.2) is 4.92 Å². The molecule has 0 bridgehead atoms. The number of rotatable bonds is 4. The minimum absolute atomic E-state index is 0.0449. The molecule has 0 aromatic heterocycles. The molecule has 2 rings (SSSR count). The van der Waals surface area contributed by atoms with Crippen LogP contribution in [0.4, 0.5) is 5.69 Å². The predicted molar refractivity (Wildman–Crippen MR) is 73.9 cm³/mol. The van der Waals surface area contributed by atoms with Crippen LogP contribution in [-0.2, 0) is 6.61 Å². The van der Waals surface area contributed by atoms with Crippen molar-refractivity contribution in [2.24, 2.45) is 0 Å². The van der Waals surface area contributed by atoms with E-state index in [4.69, 9.17) is 27.9 Å². The second-order valence-corrected chi connectivity index (χ2v) is 4.62. The topological polar surface area (TPSA) is 52.4 Å². The van der Waals surface area contributed by atoms with Gasteiger partial charge in [-0.2, -0.15) is 0 Å². The molecular weight excluding hydrogens is 289 g/mol. The molecule has 0 aliphatic heterocycles. The van der Waals surface area contributed by atoms with Crippen LogP contribution in [0.25, 0.3) is 0 Å². The number of nitro benzene ring substituents is 1. The second-order valence-electron chi connectivity index (χ2n) is 3.78. The highest BCUT2D eigenvalue weighted by Crippen LogP contribution is 2.24. The SMILES string of the molecule is O=[N+]([O-])c1ccc(COc2cccc(Cl)c2)c(Cl)c1. The van der Waals surface area contributed by atoms with E-state index in [1.165, 1.54) is 12.1 Å². The van der Waals surface area contributed by atoms with Crippen LogP contribution < -0.4 is 4.74 Å². The first-order valence-corrected chi connectivity index (χ1v) is 6.13. The minimum atomic E-state index is -0.493. The van der Waals surface area contributed by atoms with Gasteiger partial charge in [-0.15, -0.1) is 0 Å². The smallest absolute Gasteiger partial charge is 0.270 e. The number of hydrogen-bond acceptors (Lipinski definition) is 3. The summed E-state index contributed by atoms with van der Waals surface area (Å²) in [7, 11) is 0. The molecule has 0 saturated carbocycles. The summed E-state index contributed by atoms with van der Waals surface area (Å²) < 4.78 is 5.52. The van der Waals surface area contributed by atoms with Crippen LogP contribution in [0.2, 0.25) is 10.0 Å². The zero-order valence-corrected chi connectivity index (χ0v) is 11.2. The van der Waals surface area contributed by atoms with Gasteiger partial charge in [0.15, 0.2) is 0 Å². The molecule has 4 nitrogen and oxygen atoms in total. The predicted octanol–water partition coefficient (Wildman–Crippen LogP) is 4.48. The maximum atomic E-state index is 10.6. The molecule has 0 fully saturated rings. The third-order valence-electron chi connectivity index (χ3n) is 2.44. The van der Waals surface area contributed by atoms with E-state index in [2.05, 4.69) is 0 Å². The number of nitrogens with zero attached hydrogens (tertiary/aromatic N) is 1. The van der Waals surface area contributed by atoms with Crippen molar-refractivity contribution in [2.45, 2.75) is 6.61 Å². The van der Waals surface area contributed by atoms with Gasteiger partial charge in [0.2, 0.25) is 0 Å².